The zero-order chi connectivity index (χ0) is 13.9. The third-order valence-electron chi connectivity index (χ3n) is 3.05. The molecule has 2 unspecified atom stereocenters. The standard InChI is InChI=1S/C14H20BrNO2/c1-5-12-13(10(4)18)6-11(7-14(12)15)16-8(2)9(3)17/h6-9,16-17H,5H2,1-4H3. The number of carbonyl (C=O) groups is 1. The van der Waals surface area contributed by atoms with Gasteiger partial charge in [0.25, 0.3) is 0 Å². The Hall–Kier alpha value is -0.870. The lowest BCUT2D eigenvalue weighted by molar-refractivity contribution is 0.101. The van der Waals surface area contributed by atoms with Crippen molar-refractivity contribution in [3.05, 3.63) is 27.7 Å². The predicted molar refractivity (Wildman–Crippen MR) is 78.3 cm³/mol. The molecule has 0 aliphatic heterocycles. The molecule has 0 saturated carbocycles. The highest BCUT2D eigenvalue weighted by molar-refractivity contribution is 9.10. The maximum atomic E-state index is 11.7. The van der Waals surface area contributed by atoms with E-state index in [-0.39, 0.29) is 11.8 Å². The van der Waals surface area contributed by atoms with Gasteiger partial charge in [-0.25, -0.2) is 0 Å². The highest BCUT2D eigenvalue weighted by Crippen LogP contribution is 2.27. The Kier molecular flexibility index (Phi) is 5.35. The molecule has 1 aromatic carbocycles. The van der Waals surface area contributed by atoms with Gasteiger partial charge >= 0.3 is 0 Å². The maximum Gasteiger partial charge on any atom is 0.160 e. The Bertz CT molecular complexity index is 444. The number of nitrogens with one attached hydrogen (secondary N) is 1. The molecule has 18 heavy (non-hydrogen) atoms. The second-order valence-electron chi connectivity index (χ2n) is 4.57. The smallest absolute Gasteiger partial charge is 0.160 e. The second kappa shape index (κ2) is 6.34. The fraction of sp³-hybridized carbons (Fsp3) is 0.500. The number of carbonyl (C=O) groups excluding carboxylic acids is 1. The highest BCUT2D eigenvalue weighted by Gasteiger charge is 2.14. The van der Waals surface area contributed by atoms with Crippen LogP contribution in [0.5, 0.6) is 0 Å². The summed E-state index contributed by atoms with van der Waals surface area (Å²) in [5.74, 6) is 0.0564. The van der Waals surface area contributed by atoms with Crippen LogP contribution in [0.1, 0.15) is 43.6 Å². The molecule has 0 fully saturated rings. The Balaban J connectivity index is 3.13. The van der Waals surface area contributed by atoms with E-state index in [4.69, 9.17) is 0 Å². The number of ketones is 1. The Morgan fingerprint density at radius 2 is 2.06 bits per heavy atom. The van der Waals surface area contributed by atoms with Gasteiger partial charge in [-0.1, -0.05) is 22.9 Å². The highest BCUT2D eigenvalue weighted by atomic mass is 79.9. The fourth-order valence-electron chi connectivity index (χ4n) is 1.78. The number of rotatable bonds is 5. The van der Waals surface area contributed by atoms with Gasteiger partial charge in [-0.15, -0.1) is 0 Å². The van der Waals surface area contributed by atoms with E-state index < -0.39 is 6.10 Å². The number of aliphatic hydroxyl groups excluding tert-OH is 1. The molecule has 3 nitrogen and oxygen atoms in total. The molecular weight excluding hydrogens is 294 g/mol. The molecule has 2 atom stereocenters. The third kappa shape index (κ3) is 3.56. The first-order valence-corrected chi connectivity index (χ1v) is 6.94. The number of hydrogen-bond donors (Lipinski definition) is 2. The van der Waals surface area contributed by atoms with Crippen molar-refractivity contribution >= 4 is 27.4 Å². The molecular formula is C14H20BrNO2. The minimum absolute atomic E-state index is 0.0564. The molecule has 1 aromatic rings. The molecule has 100 valence electrons. The molecule has 0 bridgehead atoms. The van der Waals surface area contributed by atoms with Crippen LogP contribution in [0.3, 0.4) is 0 Å². The summed E-state index contributed by atoms with van der Waals surface area (Å²) >= 11 is 3.50. The Labute approximate surface area is 117 Å². The zero-order valence-electron chi connectivity index (χ0n) is 11.2. The summed E-state index contributed by atoms with van der Waals surface area (Å²) in [6, 6.07) is 3.73. The zero-order valence-corrected chi connectivity index (χ0v) is 12.8. The Morgan fingerprint density at radius 1 is 1.44 bits per heavy atom. The van der Waals surface area contributed by atoms with Crippen molar-refractivity contribution < 1.29 is 9.90 Å². The lowest BCUT2D eigenvalue weighted by atomic mass is 10.0. The number of halogens is 1. The van der Waals surface area contributed by atoms with E-state index in [2.05, 4.69) is 21.2 Å². The first-order valence-electron chi connectivity index (χ1n) is 6.14. The molecule has 0 aliphatic carbocycles. The number of Topliss-reactive ketones (excluding diaryl/α,β-unsaturated/α-hetero) is 1. The van der Waals surface area contributed by atoms with Crippen LogP contribution in [0.25, 0.3) is 0 Å². The van der Waals surface area contributed by atoms with Gasteiger partial charge in [0.05, 0.1) is 6.10 Å². The summed E-state index contributed by atoms with van der Waals surface area (Å²) in [5, 5.41) is 12.7. The molecule has 0 spiro atoms. The van der Waals surface area contributed by atoms with Gasteiger partial charge in [0.2, 0.25) is 0 Å². The van der Waals surface area contributed by atoms with Crippen LogP contribution in [-0.4, -0.2) is 23.0 Å². The van der Waals surface area contributed by atoms with Crippen molar-refractivity contribution in [2.45, 2.75) is 46.3 Å². The molecule has 0 amide bonds. The van der Waals surface area contributed by atoms with Gasteiger partial charge < -0.3 is 10.4 Å². The van der Waals surface area contributed by atoms with Crippen molar-refractivity contribution in [2.24, 2.45) is 0 Å². The molecule has 4 heteroatoms. The van der Waals surface area contributed by atoms with Crippen LogP contribution >= 0.6 is 15.9 Å². The monoisotopic (exact) mass is 313 g/mol. The summed E-state index contributed by atoms with van der Waals surface area (Å²) in [6.45, 7) is 7.24. The van der Waals surface area contributed by atoms with Crippen LogP contribution in [0.4, 0.5) is 5.69 Å². The topological polar surface area (TPSA) is 49.3 Å². The van der Waals surface area contributed by atoms with Gasteiger partial charge in [-0.05, 0) is 44.9 Å². The van der Waals surface area contributed by atoms with Gasteiger partial charge in [0.15, 0.2) is 5.78 Å². The van der Waals surface area contributed by atoms with Crippen molar-refractivity contribution in [1.29, 1.82) is 0 Å². The summed E-state index contributed by atoms with van der Waals surface area (Å²) < 4.78 is 0.929. The molecule has 0 radical (unpaired) electrons. The average molecular weight is 314 g/mol. The lowest BCUT2D eigenvalue weighted by Gasteiger charge is -2.19. The van der Waals surface area contributed by atoms with Crippen LogP contribution in [0.2, 0.25) is 0 Å². The second-order valence-corrected chi connectivity index (χ2v) is 5.42. The quantitative estimate of drug-likeness (QED) is 0.819. The first-order chi connectivity index (χ1) is 8.36. The van der Waals surface area contributed by atoms with E-state index in [1.54, 1.807) is 13.8 Å². The minimum atomic E-state index is -0.449. The molecule has 0 saturated heterocycles. The SMILES string of the molecule is CCc1c(Br)cc(NC(C)C(C)O)cc1C(C)=O. The molecule has 0 aliphatic rings. The van der Waals surface area contributed by atoms with Gasteiger partial charge in [0.1, 0.15) is 0 Å². The van der Waals surface area contributed by atoms with E-state index in [1.165, 1.54) is 0 Å². The summed E-state index contributed by atoms with van der Waals surface area (Å²) in [5.41, 5.74) is 2.60. The third-order valence-corrected chi connectivity index (χ3v) is 3.75. The van der Waals surface area contributed by atoms with Gasteiger partial charge in [0, 0.05) is 21.8 Å². The summed E-state index contributed by atoms with van der Waals surface area (Å²) in [6.07, 6.45) is 0.359. The van der Waals surface area contributed by atoms with Crippen LogP contribution in [0, 0.1) is 0 Å². The fourth-order valence-corrected chi connectivity index (χ4v) is 2.52. The number of benzene rings is 1. The van der Waals surface area contributed by atoms with E-state index in [0.29, 0.717) is 0 Å². The first kappa shape index (κ1) is 15.2. The average Bonchev–Trinajstić information content (AvgIpc) is 2.27. The summed E-state index contributed by atoms with van der Waals surface area (Å²) in [7, 11) is 0. The summed E-state index contributed by atoms with van der Waals surface area (Å²) in [4.78, 5) is 11.7. The largest absolute Gasteiger partial charge is 0.391 e. The van der Waals surface area contributed by atoms with Crippen molar-refractivity contribution in [3.63, 3.8) is 0 Å². The van der Waals surface area contributed by atoms with Gasteiger partial charge in [-0.3, -0.25) is 4.79 Å². The van der Waals surface area contributed by atoms with Crippen LogP contribution in [0.15, 0.2) is 16.6 Å². The van der Waals surface area contributed by atoms with E-state index in [9.17, 15) is 9.90 Å². The normalized spacial score (nSPS) is 14.1. The Morgan fingerprint density at radius 3 is 2.50 bits per heavy atom. The number of hydrogen-bond acceptors (Lipinski definition) is 3. The van der Waals surface area contributed by atoms with Crippen molar-refractivity contribution in [1.82, 2.24) is 0 Å². The van der Waals surface area contributed by atoms with Crippen molar-refractivity contribution in [3.8, 4) is 0 Å². The predicted octanol–water partition coefficient (Wildman–Crippen LogP) is 3.40. The molecule has 0 aromatic heterocycles. The van der Waals surface area contributed by atoms with E-state index >= 15 is 0 Å². The van der Waals surface area contributed by atoms with Crippen LogP contribution < -0.4 is 5.32 Å². The minimum Gasteiger partial charge on any atom is -0.391 e. The number of anilines is 1. The van der Waals surface area contributed by atoms with Gasteiger partial charge in [-0.2, -0.15) is 0 Å². The lowest BCUT2D eigenvalue weighted by Crippen LogP contribution is -2.28. The van der Waals surface area contributed by atoms with Crippen LogP contribution in [-0.2, 0) is 6.42 Å². The molecule has 1 rings (SSSR count). The van der Waals surface area contributed by atoms with E-state index in [0.717, 1.165) is 27.7 Å². The van der Waals surface area contributed by atoms with Crippen molar-refractivity contribution in [2.75, 3.05) is 5.32 Å². The molecule has 2 N–H and O–H groups in total. The molecule has 0 heterocycles. The van der Waals surface area contributed by atoms with E-state index in [1.807, 2.05) is 26.0 Å². The maximum absolute atomic E-state index is 11.7. The number of aliphatic hydroxyl groups is 1.